The van der Waals surface area contributed by atoms with Gasteiger partial charge in [0.2, 0.25) is 0 Å². The van der Waals surface area contributed by atoms with Crippen molar-refractivity contribution in [1.82, 2.24) is 20.0 Å². The summed E-state index contributed by atoms with van der Waals surface area (Å²) >= 11 is 0. The molecule has 5 heteroatoms. The number of aryl methyl sites for hydroxylation is 2. The van der Waals surface area contributed by atoms with Gasteiger partial charge in [0, 0.05) is 13.2 Å². The summed E-state index contributed by atoms with van der Waals surface area (Å²) in [6.07, 6.45) is 3.43. The van der Waals surface area contributed by atoms with Crippen molar-refractivity contribution in [3.63, 3.8) is 0 Å². The van der Waals surface area contributed by atoms with Crippen LogP contribution in [0.2, 0.25) is 0 Å². The SMILES string of the molecule is Cc1ncccc1OCc1cnnn1C. The smallest absolute Gasteiger partial charge is 0.141 e. The lowest BCUT2D eigenvalue weighted by Gasteiger charge is -2.07. The van der Waals surface area contributed by atoms with Crippen molar-refractivity contribution in [1.29, 1.82) is 0 Å². The van der Waals surface area contributed by atoms with E-state index in [4.69, 9.17) is 4.74 Å². The van der Waals surface area contributed by atoms with Crippen molar-refractivity contribution < 1.29 is 4.74 Å². The highest BCUT2D eigenvalue weighted by Gasteiger charge is 2.03. The van der Waals surface area contributed by atoms with Crippen LogP contribution in [0.4, 0.5) is 0 Å². The molecule has 0 aromatic carbocycles. The van der Waals surface area contributed by atoms with Gasteiger partial charge in [-0.3, -0.25) is 4.98 Å². The Morgan fingerprint density at radius 2 is 2.33 bits per heavy atom. The van der Waals surface area contributed by atoms with Crippen LogP contribution in [0.15, 0.2) is 24.5 Å². The maximum atomic E-state index is 5.60. The molecule has 5 nitrogen and oxygen atoms in total. The van der Waals surface area contributed by atoms with Gasteiger partial charge in [0.05, 0.1) is 17.6 Å². The summed E-state index contributed by atoms with van der Waals surface area (Å²) in [6, 6.07) is 3.75. The Kier molecular flexibility index (Phi) is 2.62. The molecule has 0 saturated carbocycles. The Bertz CT molecular complexity index is 452. The molecule has 0 spiro atoms. The standard InChI is InChI=1S/C10H12N4O/c1-8-10(4-3-5-11-8)15-7-9-6-12-13-14(9)2/h3-6H,7H2,1-2H3. The minimum Gasteiger partial charge on any atom is -0.485 e. The fraction of sp³-hybridized carbons (Fsp3) is 0.300. The molecule has 0 saturated heterocycles. The van der Waals surface area contributed by atoms with E-state index in [-0.39, 0.29) is 0 Å². The fourth-order valence-electron chi connectivity index (χ4n) is 1.22. The number of hydrogen-bond donors (Lipinski definition) is 0. The monoisotopic (exact) mass is 204 g/mol. The quantitative estimate of drug-likeness (QED) is 0.751. The highest BCUT2D eigenvalue weighted by atomic mass is 16.5. The van der Waals surface area contributed by atoms with E-state index < -0.39 is 0 Å². The summed E-state index contributed by atoms with van der Waals surface area (Å²) < 4.78 is 7.28. The average Bonchev–Trinajstić information content (AvgIpc) is 2.63. The summed E-state index contributed by atoms with van der Waals surface area (Å²) in [4.78, 5) is 4.14. The van der Waals surface area contributed by atoms with Crippen molar-refractivity contribution in [3.05, 3.63) is 35.9 Å². The maximum absolute atomic E-state index is 5.60. The zero-order chi connectivity index (χ0) is 10.7. The molecular weight excluding hydrogens is 192 g/mol. The lowest BCUT2D eigenvalue weighted by Crippen LogP contribution is -2.04. The number of nitrogens with zero attached hydrogens (tertiary/aromatic N) is 4. The number of hydrogen-bond acceptors (Lipinski definition) is 4. The van der Waals surface area contributed by atoms with Crippen molar-refractivity contribution in [2.24, 2.45) is 7.05 Å². The molecule has 0 aliphatic carbocycles. The first-order valence-electron chi connectivity index (χ1n) is 4.65. The van der Waals surface area contributed by atoms with Crippen LogP contribution in [-0.2, 0) is 13.7 Å². The second kappa shape index (κ2) is 4.08. The highest BCUT2D eigenvalue weighted by Crippen LogP contribution is 2.14. The van der Waals surface area contributed by atoms with Crippen molar-refractivity contribution in [2.75, 3.05) is 0 Å². The van der Waals surface area contributed by atoms with Gasteiger partial charge in [-0.1, -0.05) is 5.21 Å². The molecule has 2 aromatic heterocycles. The predicted molar refractivity (Wildman–Crippen MR) is 54.3 cm³/mol. The van der Waals surface area contributed by atoms with Gasteiger partial charge in [0.15, 0.2) is 0 Å². The Morgan fingerprint density at radius 1 is 1.47 bits per heavy atom. The topological polar surface area (TPSA) is 52.8 Å². The van der Waals surface area contributed by atoms with Crippen LogP contribution >= 0.6 is 0 Å². The summed E-state index contributed by atoms with van der Waals surface area (Å²) in [5.41, 5.74) is 1.81. The van der Waals surface area contributed by atoms with Crippen LogP contribution in [0.3, 0.4) is 0 Å². The normalized spacial score (nSPS) is 10.3. The van der Waals surface area contributed by atoms with Gasteiger partial charge in [-0.15, -0.1) is 5.10 Å². The van der Waals surface area contributed by atoms with E-state index in [9.17, 15) is 0 Å². The summed E-state index contributed by atoms with van der Waals surface area (Å²) in [5, 5.41) is 7.60. The number of rotatable bonds is 3. The third-order valence-corrected chi connectivity index (χ3v) is 2.14. The zero-order valence-corrected chi connectivity index (χ0v) is 8.71. The molecule has 0 radical (unpaired) electrons. The maximum Gasteiger partial charge on any atom is 0.141 e. The van der Waals surface area contributed by atoms with Crippen LogP contribution in [0.5, 0.6) is 5.75 Å². The fourth-order valence-corrected chi connectivity index (χ4v) is 1.22. The van der Waals surface area contributed by atoms with Gasteiger partial charge in [-0.05, 0) is 19.1 Å². The van der Waals surface area contributed by atoms with Crippen LogP contribution in [0, 0.1) is 6.92 Å². The lowest BCUT2D eigenvalue weighted by atomic mass is 10.3. The molecule has 78 valence electrons. The Hall–Kier alpha value is -1.91. The molecule has 0 N–H and O–H groups in total. The van der Waals surface area contributed by atoms with Crippen LogP contribution < -0.4 is 4.74 Å². The Balaban J connectivity index is 2.06. The minimum absolute atomic E-state index is 0.454. The Morgan fingerprint density at radius 3 is 3.00 bits per heavy atom. The first kappa shape index (κ1) is 9.64. The molecule has 0 atom stereocenters. The van der Waals surface area contributed by atoms with E-state index >= 15 is 0 Å². The molecule has 0 fully saturated rings. The van der Waals surface area contributed by atoms with Crippen molar-refractivity contribution in [2.45, 2.75) is 13.5 Å². The lowest BCUT2D eigenvalue weighted by molar-refractivity contribution is 0.291. The molecular formula is C10H12N4O. The van der Waals surface area contributed by atoms with Gasteiger partial charge >= 0.3 is 0 Å². The van der Waals surface area contributed by atoms with E-state index in [1.165, 1.54) is 0 Å². The largest absolute Gasteiger partial charge is 0.485 e. The second-order valence-corrected chi connectivity index (χ2v) is 3.22. The van der Waals surface area contributed by atoms with E-state index in [0.29, 0.717) is 6.61 Å². The van der Waals surface area contributed by atoms with Gasteiger partial charge < -0.3 is 4.74 Å². The first-order valence-corrected chi connectivity index (χ1v) is 4.65. The number of aromatic nitrogens is 4. The highest BCUT2D eigenvalue weighted by molar-refractivity contribution is 5.25. The third kappa shape index (κ3) is 2.12. The zero-order valence-electron chi connectivity index (χ0n) is 8.71. The van der Waals surface area contributed by atoms with Crippen LogP contribution in [-0.4, -0.2) is 20.0 Å². The molecule has 0 bridgehead atoms. The minimum atomic E-state index is 0.454. The third-order valence-electron chi connectivity index (χ3n) is 2.14. The molecule has 0 aliphatic rings. The van der Waals surface area contributed by atoms with Gasteiger partial charge in [-0.2, -0.15) is 0 Å². The molecule has 2 rings (SSSR count). The van der Waals surface area contributed by atoms with Crippen LogP contribution in [0.1, 0.15) is 11.4 Å². The second-order valence-electron chi connectivity index (χ2n) is 3.22. The molecule has 15 heavy (non-hydrogen) atoms. The van der Waals surface area contributed by atoms with Crippen molar-refractivity contribution >= 4 is 0 Å². The van der Waals surface area contributed by atoms with E-state index in [1.54, 1.807) is 17.1 Å². The molecule has 0 unspecified atom stereocenters. The summed E-state index contributed by atoms with van der Waals surface area (Å²) in [6.45, 7) is 2.37. The predicted octanol–water partition coefficient (Wildman–Crippen LogP) is 1.10. The average molecular weight is 204 g/mol. The Labute approximate surface area is 87.7 Å². The number of ether oxygens (including phenoxy) is 1. The number of pyridine rings is 1. The molecule has 0 aliphatic heterocycles. The molecule has 2 heterocycles. The van der Waals surface area contributed by atoms with Crippen LogP contribution in [0.25, 0.3) is 0 Å². The summed E-state index contributed by atoms with van der Waals surface area (Å²) in [7, 11) is 1.84. The van der Waals surface area contributed by atoms with Gasteiger partial charge in [0.25, 0.3) is 0 Å². The molecule has 2 aromatic rings. The van der Waals surface area contributed by atoms with Crippen molar-refractivity contribution in [3.8, 4) is 5.75 Å². The van der Waals surface area contributed by atoms with Gasteiger partial charge in [0.1, 0.15) is 12.4 Å². The van der Waals surface area contributed by atoms with E-state index in [1.807, 2.05) is 26.1 Å². The van der Waals surface area contributed by atoms with E-state index in [0.717, 1.165) is 17.1 Å². The van der Waals surface area contributed by atoms with E-state index in [2.05, 4.69) is 15.3 Å². The first-order chi connectivity index (χ1) is 7.27. The molecule has 0 amide bonds. The van der Waals surface area contributed by atoms with Gasteiger partial charge in [-0.25, -0.2) is 4.68 Å². The summed E-state index contributed by atoms with van der Waals surface area (Å²) in [5.74, 6) is 0.790.